The summed E-state index contributed by atoms with van der Waals surface area (Å²) in [5.74, 6) is -1.47. The van der Waals surface area contributed by atoms with Crippen molar-refractivity contribution in [2.45, 2.75) is 144 Å². The topological polar surface area (TPSA) is 145 Å². The standard InChI is InChI=1S/C34H50N2O2.2C2H4O2.Co/c1-9-12-23-16-25(31(37)29(18-23)33(3,4)5)21-35-27-14-11-15-28(20-27)36-22-26-17-24(13-10-2)19-30(32(26)38)34(6,7)8;2*1-2(3)4;/h16-19,21-22,27-28,37-38H,9-15,20H2,1-8H3;2*1H3,(H,3,4);/q;;;+2/p-2. The Bertz CT molecular complexity index is 1250. The SMILES string of the molecule is CC(=O)[O-].CC(=O)[O-].CCCc1cc(C=NC2CCCC(N=Cc3cc(CCC)cc(C(C)(C)C)c3O)C2)c(O)c(C(C)(C)C)c1.[Co+2]. The molecule has 2 aromatic carbocycles. The van der Waals surface area contributed by atoms with Crippen LogP contribution >= 0.6 is 0 Å². The van der Waals surface area contributed by atoms with Crippen molar-refractivity contribution in [1.29, 1.82) is 0 Å². The number of carboxylic acid groups (broad SMARTS) is 2. The Kier molecular flexibility index (Phi) is 18.9. The number of benzene rings is 2. The summed E-state index contributed by atoms with van der Waals surface area (Å²) in [6.07, 6.45) is 11.9. The molecule has 0 aromatic heterocycles. The largest absolute Gasteiger partial charge is 2.00 e. The summed E-state index contributed by atoms with van der Waals surface area (Å²) < 4.78 is 0. The molecule has 0 bridgehead atoms. The third-order valence-electron chi connectivity index (χ3n) is 7.56. The molecule has 1 aliphatic carbocycles. The van der Waals surface area contributed by atoms with Gasteiger partial charge >= 0.3 is 16.8 Å². The van der Waals surface area contributed by atoms with Gasteiger partial charge in [0.25, 0.3) is 0 Å². The van der Waals surface area contributed by atoms with Gasteiger partial charge in [-0.15, -0.1) is 0 Å². The second kappa shape index (κ2) is 20.3. The Morgan fingerprint density at radius 2 is 1.06 bits per heavy atom. The quantitative estimate of drug-likeness (QED) is 0.326. The van der Waals surface area contributed by atoms with Crippen LogP contribution in [0.2, 0.25) is 0 Å². The van der Waals surface area contributed by atoms with Crippen LogP contribution in [-0.2, 0) is 50.0 Å². The number of carboxylic acids is 2. The number of phenolic OH excluding ortho intramolecular Hbond substituents is 2. The Morgan fingerprint density at radius 1 is 0.745 bits per heavy atom. The fraction of sp³-hybridized carbons (Fsp3) is 0.579. The monoisotopic (exact) mass is 695 g/mol. The summed E-state index contributed by atoms with van der Waals surface area (Å²) in [5, 5.41) is 39.9. The van der Waals surface area contributed by atoms with Gasteiger partial charge in [0.1, 0.15) is 11.5 Å². The van der Waals surface area contributed by atoms with Crippen molar-refractivity contribution in [2.75, 3.05) is 0 Å². The number of rotatable bonds is 8. The molecule has 3 rings (SSSR count). The van der Waals surface area contributed by atoms with E-state index in [-0.39, 0.29) is 39.7 Å². The first-order valence-corrected chi connectivity index (χ1v) is 16.4. The van der Waals surface area contributed by atoms with E-state index in [0.717, 1.165) is 87.5 Å². The molecular formula is C38H56CoN2O6. The Morgan fingerprint density at radius 3 is 1.34 bits per heavy atom. The number of aromatic hydroxyl groups is 2. The number of carbonyl (C=O) groups is 2. The zero-order chi connectivity index (χ0) is 35.2. The molecule has 0 saturated heterocycles. The predicted molar refractivity (Wildman–Crippen MR) is 184 cm³/mol. The molecule has 9 heteroatoms. The van der Waals surface area contributed by atoms with Crippen LogP contribution in [0, 0.1) is 0 Å². The number of hydrogen-bond acceptors (Lipinski definition) is 8. The Hall–Kier alpha value is -3.17. The fourth-order valence-corrected chi connectivity index (χ4v) is 5.43. The molecule has 2 atom stereocenters. The molecule has 2 aromatic rings. The number of aliphatic imine (C=N–C) groups is 2. The molecular weight excluding hydrogens is 639 g/mol. The summed E-state index contributed by atoms with van der Waals surface area (Å²) >= 11 is 0. The van der Waals surface area contributed by atoms with Gasteiger partial charge in [0.15, 0.2) is 0 Å². The molecule has 2 unspecified atom stereocenters. The van der Waals surface area contributed by atoms with Crippen LogP contribution in [0.5, 0.6) is 11.5 Å². The molecule has 0 heterocycles. The molecule has 1 radical (unpaired) electrons. The minimum absolute atomic E-state index is 0. The normalized spacial score (nSPS) is 16.5. The molecule has 1 saturated carbocycles. The summed E-state index contributed by atoms with van der Waals surface area (Å²) in [4.78, 5) is 27.7. The number of aryl methyl sites for hydroxylation is 2. The van der Waals surface area contributed by atoms with E-state index in [0.29, 0.717) is 11.5 Å². The third-order valence-corrected chi connectivity index (χ3v) is 7.56. The smallest absolute Gasteiger partial charge is 0.550 e. The van der Waals surface area contributed by atoms with Crippen LogP contribution in [0.1, 0.15) is 141 Å². The van der Waals surface area contributed by atoms with Gasteiger partial charge in [0, 0.05) is 46.6 Å². The van der Waals surface area contributed by atoms with E-state index in [1.807, 2.05) is 12.4 Å². The van der Waals surface area contributed by atoms with E-state index in [9.17, 15) is 10.2 Å². The molecule has 47 heavy (non-hydrogen) atoms. The van der Waals surface area contributed by atoms with Crippen LogP contribution in [0.4, 0.5) is 0 Å². The number of carbonyl (C=O) groups excluding carboxylic acids is 2. The zero-order valence-corrected chi connectivity index (χ0v) is 31.1. The van der Waals surface area contributed by atoms with Crippen molar-refractivity contribution in [3.63, 3.8) is 0 Å². The minimum atomic E-state index is -1.08. The van der Waals surface area contributed by atoms with E-state index in [1.165, 1.54) is 11.1 Å². The van der Waals surface area contributed by atoms with Crippen LogP contribution in [0.3, 0.4) is 0 Å². The van der Waals surface area contributed by atoms with E-state index in [4.69, 9.17) is 29.8 Å². The first kappa shape index (κ1) is 43.8. The van der Waals surface area contributed by atoms with Gasteiger partial charge in [-0.25, -0.2) is 0 Å². The van der Waals surface area contributed by atoms with Gasteiger partial charge in [0.05, 0.1) is 12.1 Å². The number of phenols is 2. The molecule has 1 fully saturated rings. The molecule has 1 aliphatic rings. The first-order valence-electron chi connectivity index (χ1n) is 16.4. The fourth-order valence-electron chi connectivity index (χ4n) is 5.43. The third kappa shape index (κ3) is 16.0. The summed E-state index contributed by atoms with van der Waals surface area (Å²) in [5.41, 5.74) is 5.84. The van der Waals surface area contributed by atoms with Crippen LogP contribution in [0.15, 0.2) is 34.3 Å². The van der Waals surface area contributed by atoms with Gasteiger partial charge in [-0.3, -0.25) is 9.98 Å². The van der Waals surface area contributed by atoms with Gasteiger partial charge in [-0.2, -0.15) is 0 Å². The molecule has 2 N–H and O–H groups in total. The van der Waals surface area contributed by atoms with Gasteiger partial charge in [0.2, 0.25) is 0 Å². The predicted octanol–water partition coefficient (Wildman–Crippen LogP) is 5.96. The average Bonchev–Trinajstić information content (AvgIpc) is 2.92. The molecule has 263 valence electrons. The van der Waals surface area contributed by atoms with Crippen molar-refractivity contribution < 1.29 is 46.8 Å². The van der Waals surface area contributed by atoms with E-state index >= 15 is 0 Å². The van der Waals surface area contributed by atoms with E-state index in [1.54, 1.807) is 0 Å². The van der Waals surface area contributed by atoms with Crippen molar-refractivity contribution in [1.82, 2.24) is 0 Å². The summed E-state index contributed by atoms with van der Waals surface area (Å²) in [7, 11) is 0. The maximum atomic E-state index is 11.0. The molecule has 0 aliphatic heterocycles. The second-order valence-corrected chi connectivity index (χ2v) is 14.2. The van der Waals surface area contributed by atoms with Crippen LogP contribution < -0.4 is 10.2 Å². The van der Waals surface area contributed by atoms with Gasteiger partial charge in [-0.1, -0.05) is 80.4 Å². The number of nitrogens with zero attached hydrogens (tertiary/aromatic N) is 2. The van der Waals surface area contributed by atoms with Gasteiger partial charge < -0.3 is 30.0 Å². The van der Waals surface area contributed by atoms with Gasteiger partial charge in [-0.05, 0) is 86.5 Å². The van der Waals surface area contributed by atoms with E-state index in [2.05, 4.69) is 79.7 Å². The summed E-state index contributed by atoms with van der Waals surface area (Å²) in [6.45, 7) is 19.2. The molecule has 0 amide bonds. The van der Waals surface area contributed by atoms with Crippen molar-refractivity contribution in [2.24, 2.45) is 9.98 Å². The van der Waals surface area contributed by atoms with Crippen molar-refractivity contribution in [3.05, 3.63) is 57.6 Å². The molecule has 8 nitrogen and oxygen atoms in total. The zero-order valence-electron chi connectivity index (χ0n) is 30.0. The first-order chi connectivity index (χ1) is 21.3. The van der Waals surface area contributed by atoms with E-state index < -0.39 is 11.9 Å². The maximum absolute atomic E-state index is 11.0. The number of hydrogen-bond donors (Lipinski definition) is 2. The average molecular weight is 696 g/mol. The van der Waals surface area contributed by atoms with Crippen molar-refractivity contribution >= 4 is 24.4 Å². The Labute approximate surface area is 293 Å². The summed E-state index contributed by atoms with van der Waals surface area (Å²) in [6, 6.07) is 8.85. The Balaban J connectivity index is 0.00000211. The molecule has 0 spiro atoms. The number of aliphatic carboxylic acids is 2. The minimum Gasteiger partial charge on any atom is -0.550 e. The van der Waals surface area contributed by atoms with Crippen molar-refractivity contribution in [3.8, 4) is 11.5 Å². The van der Waals surface area contributed by atoms with Crippen LogP contribution in [-0.4, -0.2) is 46.7 Å². The van der Waals surface area contributed by atoms with Crippen LogP contribution in [0.25, 0.3) is 0 Å². The second-order valence-electron chi connectivity index (χ2n) is 14.2. The maximum Gasteiger partial charge on any atom is 2.00 e.